The van der Waals surface area contributed by atoms with Crippen LogP contribution in [0.5, 0.6) is 5.75 Å². The van der Waals surface area contributed by atoms with Gasteiger partial charge in [-0.3, -0.25) is 4.79 Å². The molecule has 5 fully saturated rings. The van der Waals surface area contributed by atoms with E-state index in [0.717, 1.165) is 55.2 Å². The smallest absolute Gasteiger partial charge is 0.244 e. The molecule has 186 valence electrons. The van der Waals surface area contributed by atoms with E-state index in [4.69, 9.17) is 4.74 Å². The number of benzene rings is 2. The van der Waals surface area contributed by atoms with E-state index in [1.807, 2.05) is 24.3 Å². The van der Waals surface area contributed by atoms with Crippen molar-refractivity contribution < 1.29 is 17.9 Å². The molecule has 2 aromatic carbocycles. The van der Waals surface area contributed by atoms with Gasteiger partial charge in [-0.05, 0) is 80.2 Å². The average Bonchev–Trinajstić information content (AvgIpc) is 3.39. The number of nitrogens with zero attached hydrogens (tertiary/aromatic N) is 1. The number of nitrogens with one attached hydrogen (secondary N) is 1. The lowest BCUT2D eigenvalue weighted by molar-refractivity contribution is -0.249. The fourth-order valence-corrected chi connectivity index (χ4v) is 11.1. The molecule has 1 spiro atoms. The summed E-state index contributed by atoms with van der Waals surface area (Å²) in [5.74, 6) is 3.24. The zero-order valence-electron chi connectivity index (χ0n) is 20.3. The topological polar surface area (TPSA) is 75.7 Å². The molecule has 0 aromatic heterocycles. The summed E-state index contributed by atoms with van der Waals surface area (Å²) in [7, 11) is -2.12. The highest BCUT2D eigenvalue weighted by atomic mass is 32.2. The highest BCUT2D eigenvalue weighted by Crippen LogP contribution is 2.86. The maximum absolute atomic E-state index is 14.0. The Morgan fingerprint density at radius 2 is 1.80 bits per heavy atom. The van der Waals surface area contributed by atoms with Crippen molar-refractivity contribution in [1.29, 1.82) is 0 Å². The molecule has 4 saturated carbocycles. The first-order valence-electron chi connectivity index (χ1n) is 13.3. The Hall–Kier alpha value is -2.12. The Morgan fingerprint density at radius 3 is 2.51 bits per heavy atom. The first-order chi connectivity index (χ1) is 16.9. The summed E-state index contributed by atoms with van der Waals surface area (Å²) in [4.78, 5) is 13.8. The first-order valence-corrected chi connectivity index (χ1v) is 14.7. The quantitative estimate of drug-likeness (QED) is 0.649. The van der Waals surface area contributed by atoms with Gasteiger partial charge in [0, 0.05) is 29.9 Å². The first kappa shape index (κ1) is 22.1. The Balaban J connectivity index is 1.13. The average molecular weight is 495 g/mol. The molecular weight excluding hydrogens is 460 g/mol. The summed E-state index contributed by atoms with van der Waals surface area (Å²) in [5.41, 5.74) is 0.139. The largest absolute Gasteiger partial charge is 0.496 e. The summed E-state index contributed by atoms with van der Waals surface area (Å²) in [6.07, 6.45) is 8.62. The molecule has 4 unspecified atom stereocenters. The number of amides is 1. The monoisotopic (exact) mass is 494 g/mol. The highest BCUT2D eigenvalue weighted by molar-refractivity contribution is 7.89. The second-order valence-corrected chi connectivity index (χ2v) is 13.6. The number of rotatable bonds is 6. The maximum atomic E-state index is 14.0. The van der Waals surface area contributed by atoms with E-state index in [0.29, 0.717) is 34.5 Å². The fourth-order valence-electron chi connectivity index (χ4n) is 9.23. The van der Waals surface area contributed by atoms with Crippen LogP contribution in [0.2, 0.25) is 0 Å². The van der Waals surface area contributed by atoms with Gasteiger partial charge in [0.05, 0.1) is 17.4 Å². The van der Waals surface area contributed by atoms with Crippen molar-refractivity contribution in [1.82, 2.24) is 9.62 Å². The van der Waals surface area contributed by atoms with Crippen molar-refractivity contribution in [3.8, 4) is 5.75 Å². The molecule has 7 rings (SSSR count). The minimum Gasteiger partial charge on any atom is -0.496 e. The molecule has 5 aliphatic rings. The Labute approximate surface area is 207 Å². The molecule has 4 aliphatic carbocycles. The lowest BCUT2D eigenvalue weighted by Crippen LogP contribution is -2.73. The summed E-state index contributed by atoms with van der Waals surface area (Å²) in [6, 6.07) is 10.7. The molecule has 6 nitrogen and oxygen atoms in total. The maximum Gasteiger partial charge on any atom is 0.244 e. The van der Waals surface area contributed by atoms with Gasteiger partial charge < -0.3 is 10.1 Å². The molecule has 1 saturated heterocycles. The van der Waals surface area contributed by atoms with Gasteiger partial charge in [-0.2, -0.15) is 4.31 Å². The van der Waals surface area contributed by atoms with Crippen molar-refractivity contribution in [2.75, 3.05) is 20.2 Å². The molecule has 0 radical (unpaired) electrons. The Morgan fingerprint density at radius 1 is 1.06 bits per heavy atom. The second-order valence-electron chi connectivity index (χ2n) is 11.8. The number of hydrogen-bond acceptors (Lipinski definition) is 4. The number of carbonyl (C=O) groups is 1. The van der Waals surface area contributed by atoms with Crippen LogP contribution >= 0.6 is 0 Å². The lowest BCUT2D eigenvalue weighted by Gasteiger charge is -2.73. The van der Waals surface area contributed by atoms with Crippen LogP contribution in [-0.4, -0.2) is 44.9 Å². The summed E-state index contributed by atoms with van der Waals surface area (Å²) in [6.45, 7) is 0.896. The Kier molecular flexibility index (Phi) is 4.71. The molecule has 1 amide bonds. The van der Waals surface area contributed by atoms with Gasteiger partial charge in [0.25, 0.3) is 0 Å². The van der Waals surface area contributed by atoms with Crippen molar-refractivity contribution >= 4 is 26.7 Å². The fraction of sp³-hybridized carbons (Fsp3) is 0.607. The van der Waals surface area contributed by atoms with E-state index in [9.17, 15) is 13.2 Å². The third-order valence-corrected chi connectivity index (χ3v) is 12.6. The molecule has 35 heavy (non-hydrogen) atoms. The number of methoxy groups -OCH3 is 1. The van der Waals surface area contributed by atoms with Gasteiger partial charge >= 0.3 is 0 Å². The molecule has 1 N–H and O–H groups in total. The van der Waals surface area contributed by atoms with Crippen LogP contribution < -0.4 is 10.1 Å². The van der Waals surface area contributed by atoms with Gasteiger partial charge in [-0.25, -0.2) is 8.42 Å². The molecule has 7 heteroatoms. The standard InChI is InChI=1S/C28H34N2O4S/c1-34-24-9-10-25(23-8-3-2-7-22(23)24)35(32,33)30-11-5-4-6-21(30)17-29-26(31)27-15-19-12-18-13-20(16-27)28(19,27)14-18/h2-3,7-10,18-21H,4-6,11-17H2,1H3,(H,29,31)/t18?,19-,20+,21?,27?,28?. The summed E-state index contributed by atoms with van der Waals surface area (Å²) in [5, 5.41) is 4.74. The van der Waals surface area contributed by atoms with Crippen LogP contribution in [0, 0.1) is 28.6 Å². The van der Waals surface area contributed by atoms with E-state index in [-0.39, 0.29) is 17.4 Å². The van der Waals surface area contributed by atoms with Crippen molar-refractivity contribution in [2.45, 2.75) is 62.3 Å². The highest BCUT2D eigenvalue weighted by Gasteiger charge is 2.83. The minimum absolute atomic E-state index is 0.155. The van der Waals surface area contributed by atoms with Crippen molar-refractivity contribution in [3.63, 3.8) is 0 Å². The zero-order chi connectivity index (χ0) is 24.0. The summed E-state index contributed by atoms with van der Waals surface area (Å²) >= 11 is 0. The van der Waals surface area contributed by atoms with Gasteiger partial charge in [-0.15, -0.1) is 0 Å². The van der Waals surface area contributed by atoms with Crippen LogP contribution in [0.4, 0.5) is 0 Å². The number of piperidine rings is 1. The van der Waals surface area contributed by atoms with E-state index in [1.165, 1.54) is 19.3 Å². The van der Waals surface area contributed by atoms with Gasteiger partial charge in [0.2, 0.25) is 15.9 Å². The minimum atomic E-state index is -3.73. The molecule has 1 heterocycles. The molecule has 1 aliphatic heterocycles. The van der Waals surface area contributed by atoms with E-state index in [1.54, 1.807) is 23.5 Å². The number of fused-ring (bicyclic) bond motifs is 2. The van der Waals surface area contributed by atoms with E-state index < -0.39 is 10.0 Å². The van der Waals surface area contributed by atoms with Crippen LogP contribution in [-0.2, 0) is 14.8 Å². The normalized spacial score (nSPS) is 37.4. The van der Waals surface area contributed by atoms with Gasteiger partial charge in [0.1, 0.15) is 5.75 Å². The molecule has 2 aromatic rings. The van der Waals surface area contributed by atoms with Crippen LogP contribution in [0.15, 0.2) is 41.3 Å². The molecular formula is C28H34N2O4S. The van der Waals surface area contributed by atoms with Gasteiger partial charge in [0.15, 0.2) is 0 Å². The Bertz CT molecular complexity index is 1310. The number of ether oxygens (including phenoxy) is 1. The SMILES string of the molecule is COc1ccc(S(=O)(=O)N2CCCCC2CNC(=O)C23C[C@H]4CC5C[C@@H](C2)C43C5)c2ccccc12. The predicted molar refractivity (Wildman–Crippen MR) is 133 cm³/mol. The third kappa shape index (κ3) is 2.74. The predicted octanol–water partition coefficient (Wildman–Crippen LogP) is 4.33. The lowest BCUT2D eigenvalue weighted by atomic mass is 9.30. The van der Waals surface area contributed by atoms with Crippen LogP contribution in [0.3, 0.4) is 0 Å². The third-order valence-electron chi connectivity index (χ3n) is 10.6. The number of sulfonamides is 1. The van der Waals surface area contributed by atoms with Gasteiger partial charge in [-0.1, -0.05) is 30.7 Å². The zero-order valence-corrected chi connectivity index (χ0v) is 21.1. The van der Waals surface area contributed by atoms with Crippen molar-refractivity contribution in [3.05, 3.63) is 36.4 Å². The van der Waals surface area contributed by atoms with Crippen molar-refractivity contribution in [2.24, 2.45) is 28.6 Å². The number of hydrogen-bond donors (Lipinski definition) is 1. The molecule has 6 atom stereocenters. The number of carbonyl (C=O) groups excluding carboxylic acids is 1. The van der Waals surface area contributed by atoms with Crippen LogP contribution in [0.25, 0.3) is 10.8 Å². The second kappa shape index (κ2) is 7.45. The summed E-state index contributed by atoms with van der Waals surface area (Å²) < 4.78 is 35.0. The molecule has 2 bridgehead atoms. The van der Waals surface area contributed by atoms with Crippen LogP contribution in [0.1, 0.15) is 51.4 Å². The van der Waals surface area contributed by atoms with E-state index >= 15 is 0 Å². The van der Waals surface area contributed by atoms with E-state index in [2.05, 4.69) is 5.32 Å².